The van der Waals surface area contributed by atoms with Crippen LogP contribution in [0, 0.1) is 0 Å². The lowest BCUT2D eigenvalue weighted by atomic mass is 10.1. The van der Waals surface area contributed by atoms with Crippen LogP contribution >= 0.6 is 0 Å². The van der Waals surface area contributed by atoms with Gasteiger partial charge in [0.15, 0.2) is 17.3 Å². The lowest BCUT2D eigenvalue weighted by molar-refractivity contribution is -0.244. The molecular formula is C21H11O4-. The smallest absolute Gasteiger partial charge is 0.197 e. The third-order valence-electron chi connectivity index (χ3n) is 4.34. The van der Waals surface area contributed by atoms with Crippen LogP contribution in [0.1, 0.15) is 36.6 Å². The molecule has 0 bridgehead atoms. The van der Waals surface area contributed by atoms with E-state index in [1.807, 2.05) is 0 Å². The number of Topliss-reactive ketones (excluding diaryl/α,β-unsaturated/α-hetero) is 3. The van der Waals surface area contributed by atoms with Gasteiger partial charge in [0, 0.05) is 22.3 Å². The molecule has 0 fully saturated rings. The maximum atomic E-state index is 12.3. The standard InChI is InChI=1S/C21H12O4/c22-18-12-6-1-2-7-13(12)19(23)16(18)10-5-11-17-20(24)14-8-3-4-9-15(14)21(17)25/h1-11,22H/p-1. The van der Waals surface area contributed by atoms with Gasteiger partial charge in [-0.05, 0) is 11.6 Å². The molecule has 0 aromatic heterocycles. The lowest BCUT2D eigenvalue weighted by Gasteiger charge is -2.08. The summed E-state index contributed by atoms with van der Waals surface area (Å²) in [6, 6.07) is 13.2. The van der Waals surface area contributed by atoms with Crippen molar-refractivity contribution in [2.45, 2.75) is 0 Å². The van der Waals surface area contributed by atoms with Gasteiger partial charge < -0.3 is 5.11 Å². The molecule has 0 radical (unpaired) electrons. The van der Waals surface area contributed by atoms with Crippen LogP contribution in [0.25, 0.3) is 5.76 Å². The van der Waals surface area contributed by atoms with Crippen molar-refractivity contribution in [2.75, 3.05) is 0 Å². The van der Waals surface area contributed by atoms with Gasteiger partial charge in [-0.15, -0.1) is 0 Å². The number of hydrogen-bond donors (Lipinski definition) is 0. The normalized spacial score (nSPS) is 16.0. The number of hydrogen-bond acceptors (Lipinski definition) is 4. The first kappa shape index (κ1) is 15.0. The summed E-state index contributed by atoms with van der Waals surface area (Å²) < 4.78 is 0. The van der Waals surface area contributed by atoms with Gasteiger partial charge in [0.25, 0.3) is 0 Å². The average Bonchev–Trinajstić information content (AvgIpc) is 3.03. The minimum absolute atomic E-state index is 0.0356. The maximum Gasteiger partial charge on any atom is 0.197 e. The fourth-order valence-corrected chi connectivity index (χ4v) is 3.09. The topological polar surface area (TPSA) is 74.3 Å². The van der Waals surface area contributed by atoms with Crippen LogP contribution in [-0.2, 0) is 0 Å². The number of ketones is 3. The number of carbonyl (C=O) groups is 3. The van der Waals surface area contributed by atoms with Crippen LogP contribution in [0.4, 0.5) is 0 Å². The Morgan fingerprint density at radius 2 is 1.16 bits per heavy atom. The zero-order chi connectivity index (χ0) is 17.6. The minimum atomic E-state index is -0.345. The van der Waals surface area contributed by atoms with Gasteiger partial charge in [-0.25, -0.2) is 0 Å². The van der Waals surface area contributed by atoms with Crippen LogP contribution in [0.2, 0.25) is 0 Å². The molecular weight excluding hydrogens is 316 g/mol. The third kappa shape index (κ3) is 2.19. The summed E-state index contributed by atoms with van der Waals surface area (Å²) in [6.45, 7) is 0. The molecule has 4 nitrogen and oxygen atoms in total. The summed E-state index contributed by atoms with van der Waals surface area (Å²) in [5, 5.41) is 12.3. The van der Waals surface area contributed by atoms with Crippen LogP contribution in [0.15, 0.2) is 77.9 Å². The van der Waals surface area contributed by atoms with Gasteiger partial charge in [-0.1, -0.05) is 66.4 Å². The van der Waals surface area contributed by atoms with Crippen molar-refractivity contribution in [1.82, 2.24) is 0 Å². The van der Waals surface area contributed by atoms with Crippen LogP contribution in [0.5, 0.6) is 0 Å². The first-order valence-corrected chi connectivity index (χ1v) is 7.72. The number of rotatable bonds is 2. The Kier molecular flexibility index (Phi) is 3.32. The number of benzene rings is 2. The van der Waals surface area contributed by atoms with Gasteiger partial charge in [0.1, 0.15) is 0 Å². The van der Waals surface area contributed by atoms with E-state index in [-0.39, 0.29) is 34.3 Å². The molecule has 4 rings (SSSR count). The Morgan fingerprint density at radius 1 is 0.680 bits per heavy atom. The second kappa shape index (κ2) is 5.53. The molecule has 25 heavy (non-hydrogen) atoms. The first-order valence-electron chi connectivity index (χ1n) is 7.72. The Hall–Kier alpha value is -3.53. The molecule has 0 spiro atoms. The molecule has 0 unspecified atom stereocenters. The van der Waals surface area contributed by atoms with Crippen molar-refractivity contribution in [2.24, 2.45) is 0 Å². The second-order valence-electron chi connectivity index (χ2n) is 5.76. The van der Waals surface area contributed by atoms with Crippen LogP contribution in [-0.4, -0.2) is 17.3 Å². The van der Waals surface area contributed by atoms with Crippen molar-refractivity contribution in [1.29, 1.82) is 0 Å². The second-order valence-corrected chi connectivity index (χ2v) is 5.76. The molecule has 2 aromatic rings. The number of allylic oxidation sites excluding steroid dienone is 5. The first-order chi connectivity index (χ1) is 12.1. The molecule has 4 heteroatoms. The highest BCUT2D eigenvalue weighted by atomic mass is 16.3. The number of fused-ring (bicyclic) bond motifs is 2. The fraction of sp³-hybridized carbons (Fsp3) is 0. The molecule has 0 atom stereocenters. The van der Waals surface area contributed by atoms with E-state index < -0.39 is 0 Å². The summed E-state index contributed by atoms with van der Waals surface area (Å²) in [7, 11) is 0. The molecule has 0 heterocycles. The van der Waals surface area contributed by atoms with E-state index >= 15 is 0 Å². The predicted octanol–water partition coefficient (Wildman–Crippen LogP) is 2.52. The van der Waals surface area contributed by atoms with E-state index in [1.54, 1.807) is 48.5 Å². The molecule has 2 aliphatic carbocycles. The molecule has 0 saturated carbocycles. The molecule has 0 aliphatic heterocycles. The van der Waals surface area contributed by atoms with Gasteiger partial charge in [-0.3, -0.25) is 14.4 Å². The van der Waals surface area contributed by atoms with Crippen molar-refractivity contribution >= 4 is 23.1 Å². The van der Waals surface area contributed by atoms with Crippen molar-refractivity contribution in [3.05, 3.63) is 100 Å². The molecule has 0 amide bonds. The molecule has 2 aliphatic rings. The highest BCUT2D eigenvalue weighted by Crippen LogP contribution is 2.30. The summed E-state index contributed by atoms with van der Waals surface area (Å²) in [4.78, 5) is 36.8. The zero-order valence-corrected chi connectivity index (χ0v) is 13.0. The van der Waals surface area contributed by atoms with E-state index in [4.69, 9.17) is 0 Å². The predicted molar refractivity (Wildman–Crippen MR) is 90.0 cm³/mol. The van der Waals surface area contributed by atoms with E-state index in [0.29, 0.717) is 22.3 Å². The zero-order valence-electron chi connectivity index (χ0n) is 13.0. The minimum Gasteiger partial charge on any atom is -0.872 e. The average molecular weight is 327 g/mol. The van der Waals surface area contributed by atoms with E-state index in [0.717, 1.165) is 0 Å². The van der Waals surface area contributed by atoms with E-state index in [9.17, 15) is 19.5 Å². The Balaban J connectivity index is 1.66. The molecule has 0 N–H and O–H groups in total. The Morgan fingerprint density at radius 3 is 1.68 bits per heavy atom. The van der Waals surface area contributed by atoms with Crippen LogP contribution in [0.3, 0.4) is 0 Å². The summed E-state index contributed by atoms with van der Waals surface area (Å²) >= 11 is 0. The monoisotopic (exact) mass is 327 g/mol. The largest absolute Gasteiger partial charge is 0.872 e. The summed E-state index contributed by atoms with van der Waals surface area (Å²) in [5.74, 6) is -1.38. The van der Waals surface area contributed by atoms with Crippen molar-refractivity contribution < 1.29 is 19.5 Å². The van der Waals surface area contributed by atoms with E-state index in [1.165, 1.54) is 18.2 Å². The molecule has 0 saturated heterocycles. The quantitative estimate of drug-likeness (QED) is 0.627. The van der Waals surface area contributed by atoms with Crippen molar-refractivity contribution in [3.8, 4) is 0 Å². The SMILES string of the molecule is O=C1C(=CC=CC2=C([O-])c3ccccc3C2=O)C(=O)c2ccccc21. The van der Waals surface area contributed by atoms with Gasteiger partial charge in [-0.2, -0.15) is 0 Å². The number of carbonyl (C=O) groups excluding carboxylic acids is 3. The fourth-order valence-electron chi connectivity index (χ4n) is 3.09. The molecule has 120 valence electrons. The maximum absolute atomic E-state index is 12.3. The highest BCUT2D eigenvalue weighted by Gasteiger charge is 2.32. The highest BCUT2D eigenvalue weighted by molar-refractivity contribution is 6.39. The van der Waals surface area contributed by atoms with Crippen LogP contribution < -0.4 is 5.11 Å². The van der Waals surface area contributed by atoms with Gasteiger partial charge in [0.05, 0.1) is 5.57 Å². The summed E-state index contributed by atoms with van der Waals surface area (Å²) in [6.07, 6.45) is 4.14. The van der Waals surface area contributed by atoms with Gasteiger partial charge in [0.2, 0.25) is 0 Å². The van der Waals surface area contributed by atoms with E-state index in [2.05, 4.69) is 0 Å². The summed E-state index contributed by atoms with van der Waals surface area (Å²) in [5.41, 5.74) is 1.57. The lowest BCUT2D eigenvalue weighted by Crippen LogP contribution is -2.02. The molecule has 2 aromatic carbocycles. The van der Waals surface area contributed by atoms with Gasteiger partial charge >= 0.3 is 0 Å². The Labute approximate surface area is 143 Å². The van der Waals surface area contributed by atoms with Crippen molar-refractivity contribution in [3.63, 3.8) is 0 Å². The third-order valence-corrected chi connectivity index (χ3v) is 4.34. The Bertz CT molecular complexity index is 1010.